The van der Waals surface area contributed by atoms with Gasteiger partial charge in [0.1, 0.15) is 0 Å². The summed E-state index contributed by atoms with van der Waals surface area (Å²) in [6.07, 6.45) is 0. The number of nitro groups is 1. The van der Waals surface area contributed by atoms with Crippen molar-refractivity contribution in [2.45, 2.75) is 0 Å². The SMILES string of the molecule is O=C(CNn1c(=O)c(=O)[nH]c2nc(Cl)nc([N+](=O)[O-])c21)c1ccccc1. The number of aromatic nitrogens is 4. The molecular formula is C14H9ClN6O5. The minimum absolute atomic E-state index is 0.319. The fourth-order valence-electron chi connectivity index (χ4n) is 2.23. The molecular weight excluding hydrogens is 368 g/mol. The highest BCUT2D eigenvalue weighted by Crippen LogP contribution is 2.20. The summed E-state index contributed by atoms with van der Waals surface area (Å²) in [5, 5.41) is 10.7. The summed E-state index contributed by atoms with van der Waals surface area (Å²) in [6, 6.07) is 8.16. The molecule has 11 nitrogen and oxygen atoms in total. The molecule has 0 saturated heterocycles. The lowest BCUT2D eigenvalue weighted by molar-refractivity contribution is -0.388. The van der Waals surface area contributed by atoms with Crippen molar-refractivity contribution in [3.8, 4) is 0 Å². The lowest BCUT2D eigenvalue weighted by Gasteiger charge is -2.11. The third kappa shape index (κ3) is 3.15. The highest BCUT2D eigenvalue weighted by atomic mass is 35.5. The van der Waals surface area contributed by atoms with E-state index < -0.39 is 45.0 Å². The van der Waals surface area contributed by atoms with Crippen LogP contribution in [0.2, 0.25) is 5.28 Å². The van der Waals surface area contributed by atoms with Gasteiger partial charge in [0.05, 0.1) is 6.54 Å². The second kappa shape index (κ2) is 6.72. The van der Waals surface area contributed by atoms with E-state index in [4.69, 9.17) is 11.6 Å². The molecule has 1 aromatic carbocycles. The molecule has 0 bridgehead atoms. The number of benzene rings is 1. The van der Waals surface area contributed by atoms with Gasteiger partial charge in [-0.3, -0.25) is 19.4 Å². The lowest BCUT2D eigenvalue weighted by atomic mass is 10.1. The Morgan fingerprint density at radius 1 is 1.27 bits per heavy atom. The van der Waals surface area contributed by atoms with Crippen molar-refractivity contribution in [3.63, 3.8) is 0 Å². The van der Waals surface area contributed by atoms with Crippen molar-refractivity contribution in [1.29, 1.82) is 0 Å². The Balaban J connectivity index is 2.11. The van der Waals surface area contributed by atoms with Crippen LogP contribution in [0, 0.1) is 10.1 Å². The number of hydrogen-bond donors (Lipinski definition) is 2. The first-order chi connectivity index (χ1) is 12.4. The number of fused-ring (bicyclic) bond motifs is 1. The standard InChI is InChI=1S/C14H9ClN6O5/c15-14-18-10-9(11(19-14)21(25)26)20(13(24)12(23)17-10)16-6-8(22)7-4-2-1-3-5-7/h1-5,16H,6H2,(H,17,18,19,23). The molecule has 0 atom stereocenters. The van der Waals surface area contributed by atoms with Gasteiger partial charge in [-0.05, 0) is 21.5 Å². The zero-order valence-corrected chi connectivity index (χ0v) is 13.6. The molecule has 3 aromatic rings. The van der Waals surface area contributed by atoms with E-state index in [0.717, 1.165) is 0 Å². The van der Waals surface area contributed by atoms with Crippen molar-refractivity contribution < 1.29 is 9.72 Å². The fourth-order valence-corrected chi connectivity index (χ4v) is 2.39. The van der Waals surface area contributed by atoms with Crippen LogP contribution in [-0.2, 0) is 0 Å². The normalized spacial score (nSPS) is 10.7. The van der Waals surface area contributed by atoms with Crippen LogP contribution in [-0.4, -0.2) is 36.9 Å². The molecule has 0 aliphatic carbocycles. The fraction of sp³-hybridized carbons (Fsp3) is 0.0714. The predicted molar refractivity (Wildman–Crippen MR) is 91.1 cm³/mol. The molecule has 2 heterocycles. The van der Waals surface area contributed by atoms with E-state index >= 15 is 0 Å². The molecule has 0 amide bonds. The van der Waals surface area contributed by atoms with Crippen LogP contribution < -0.4 is 16.5 Å². The van der Waals surface area contributed by atoms with Crippen LogP contribution in [0.3, 0.4) is 0 Å². The maximum absolute atomic E-state index is 12.2. The van der Waals surface area contributed by atoms with Crippen LogP contribution in [0.25, 0.3) is 11.2 Å². The Hall–Kier alpha value is -3.60. The molecule has 0 aliphatic heterocycles. The number of halogens is 1. The number of H-pyrrole nitrogens is 1. The van der Waals surface area contributed by atoms with E-state index in [1.807, 2.05) is 0 Å². The van der Waals surface area contributed by atoms with Gasteiger partial charge in [0, 0.05) is 5.56 Å². The Kier molecular flexibility index (Phi) is 4.45. The Morgan fingerprint density at radius 2 is 1.96 bits per heavy atom. The molecule has 0 aliphatic rings. The van der Waals surface area contributed by atoms with Crippen LogP contribution in [0.5, 0.6) is 0 Å². The van der Waals surface area contributed by atoms with Crippen molar-refractivity contribution in [3.05, 3.63) is 72.0 Å². The van der Waals surface area contributed by atoms with E-state index in [0.29, 0.717) is 10.2 Å². The lowest BCUT2D eigenvalue weighted by Crippen LogP contribution is -2.42. The summed E-state index contributed by atoms with van der Waals surface area (Å²) in [4.78, 5) is 55.7. The topological polar surface area (TPSA) is 153 Å². The number of nitrogens with zero attached hydrogens (tertiary/aromatic N) is 4. The van der Waals surface area contributed by atoms with Crippen LogP contribution in [0.4, 0.5) is 5.82 Å². The van der Waals surface area contributed by atoms with Gasteiger partial charge < -0.3 is 15.5 Å². The molecule has 2 aromatic heterocycles. The number of carbonyl (C=O) groups is 1. The van der Waals surface area contributed by atoms with Crippen LogP contribution >= 0.6 is 11.6 Å². The first-order valence-corrected chi connectivity index (χ1v) is 7.45. The Labute approximate surface area is 148 Å². The smallest absolute Gasteiger partial charge is 0.358 e. The molecule has 0 unspecified atom stereocenters. The first kappa shape index (κ1) is 17.2. The Morgan fingerprint density at radius 3 is 2.62 bits per heavy atom. The van der Waals surface area contributed by atoms with Crippen molar-refractivity contribution in [1.82, 2.24) is 19.6 Å². The predicted octanol–water partition coefficient (Wildman–Crippen LogP) is 0.468. The minimum Gasteiger partial charge on any atom is -0.358 e. The second-order valence-electron chi connectivity index (χ2n) is 4.99. The largest absolute Gasteiger partial charge is 0.396 e. The molecule has 12 heteroatoms. The monoisotopic (exact) mass is 376 g/mol. The van der Waals surface area contributed by atoms with E-state index in [1.54, 1.807) is 30.3 Å². The number of Topliss-reactive ketones (excluding diaryl/α,β-unsaturated/α-hetero) is 1. The number of rotatable bonds is 5. The van der Waals surface area contributed by atoms with Gasteiger partial charge in [0.2, 0.25) is 5.52 Å². The molecule has 132 valence electrons. The maximum atomic E-state index is 12.2. The number of hydrogen-bond acceptors (Lipinski definition) is 8. The molecule has 26 heavy (non-hydrogen) atoms. The van der Waals surface area contributed by atoms with Gasteiger partial charge in [0.25, 0.3) is 0 Å². The molecule has 0 saturated carbocycles. The summed E-state index contributed by atoms with van der Waals surface area (Å²) in [5.74, 6) is -1.20. The number of carbonyl (C=O) groups excluding carboxylic acids is 1. The van der Waals surface area contributed by atoms with Crippen molar-refractivity contribution in [2.75, 3.05) is 12.0 Å². The van der Waals surface area contributed by atoms with Gasteiger partial charge in [-0.2, -0.15) is 4.98 Å². The van der Waals surface area contributed by atoms with Gasteiger partial charge in [-0.1, -0.05) is 30.3 Å². The number of aromatic amines is 1. The van der Waals surface area contributed by atoms with Crippen molar-refractivity contribution in [2.24, 2.45) is 0 Å². The highest BCUT2D eigenvalue weighted by molar-refractivity contribution is 6.28. The summed E-state index contributed by atoms with van der Waals surface area (Å²) < 4.78 is 0.573. The van der Waals surface area contributed by atoms with E-state index in [9.17, 15) is 24.5 Å². The molecule has 0 radical (unpaired) electrons. The van der Waals surface area contributed by atoms with Crippen LogP contribution in [0.15, 0.2) is 39.9 Å². The quantitative estimate of drug-likeness (QED) is 0.214. The van der Waals surface area contributed by atoms with Gasteiger partial charge in [-0.25, -0.2) is 4.68 Å². The molecule has 0 spiro atoms. The number of ketones is 1. The third-order valence-corrected chi connectivity index (χ3v) is 3.53. The zero-order chi connectivity index (χ0) is 18.8. The average Bonchev–Trinajstić information content (AvgIpc) is 2.62. The summed E-state index contributed by atoms with van der Waals surface area (Å²) in [7, 11) is 0. The van der Waals surface area contributed by atoms with Gasteiger partial charge >= 0.3 is 22.2 Å². The van der Waals surface area contributed by atoms with E-state index in [2.05, 4.69) is 20.4 Å². The Bertz CT molecular complexity index is 1140. The molecule has 3 rings (SSSR count). The highest BCUT2D eigenvalue weighted by Gasteiger charge is 2.24. The molecule has 0 fully saturated rings. The summed E-state index contributed by atoms with van der Waals surface area (Å²) >= 11 is 5.61. The van der Waals surface area contributed by atoms with Crippen molar-refractivity contribution >= 4 is 34.4 Å². The maximum Gasteiger partial charge on any atom is 0.396 e. The minimum atomic E-state index is -1.16. The van der Waals surface area contributed by atoms with Gasteiger partial charge in [0.15, 0.2) is 11.4 Å². The zero-order valence-electron chi connectivity index (χ0n) is 12.8. The van der Waals surface area contributed by atoms with Crippen LogP contribution in [0.1, 0.15) is 10.4 Å². The first-order valence-electron chi connectivity index (χ1n) is 7.07. The summed E-state index contributed by atoms with van der Waals surface area (Å²) in [6.45, 7) is -0.401. The number of nitrogens with one attached hydrogen (secondary N) is 2. The molecule has 2 N–H and O–H groups in total. The van der Waals surface area contributed by atoms with E-state index in [-0.39, 0.29) is 5.65 Å². The van der Waals surface area contributed by atoms with Gasteiger partial charge in [-0.15, -0.1) is 0 Å². The third-order valence-electron chi connectivity index (χ3n) is 3.36. The average molecular weight is 377 g/mol. The summed E-state index contributed by atoms with van der Waals surface area (Å²) in [5.41, 5.74) is -0.212. The second-order valence-corrected chi connectivity index (χ2v) is 5.33. The van der Waals surface area contributed by atoms with E-state index in [1.165, 1.54) is 0 Å².